The van der Waals surface area contributed by atoms with Gasteiger partial charge >= 0.3 is 0 Å². The highest BCUT2D eigenvalue weighted by molar-refractivity contribution is 6.09. The molecule has 2 heterocycles. The summed E-state index contributed by atoms with van der Waals surface area (Å²) in [7, 11) is 0. The van der Waals surface area contributed by atoms with Gasteiger partial charge < -0.3 is 11.5 Å². The molecule has 5 aromatic carbocycles. The van der Waals surface area contributed by atoms with Gasteiger partial charge in [0.15, 0.2) is 0 Å². The average Bonchev–Trinajstić information content (AvgIpc) is 3.31. The van der Waals surface area contributed by atoms with E-state index in [1.54, 1.807) is 0 Å². The molecule has 0 unspecified atom stereocenters. The number of benzene rings is 5. The molecule has 0 fully saturated rings. The molecule has 0 saturated carbocycles. The van der Waals surface area contributed by atoms with E-state index in [1.807, 2.05) is 28.7 Å². The third-order valence-electron chi connectivity index (χ3n) is 6.93. The predicted molar refractivity (Wildman–Crippen MR) is 147 cm³/mol. The van der Waals surface area contributed by atoms with Gasteiger partial charge in [-0.2, -0.15) is 0 Å². The first-order chi connectivity index (χ1) is 17.2. The number of hydrogen-bond acceptors (Lipinski definition) is 3. The van der Waals surface area contributed by atoms with Gasteiger partial charge in [0.05, 0.1) is 16.7 Å². The Balaban J connectivity index is 1.33. The van der Waals surface area contributed by atoms with Crippen molar-refractivity contribution in [3.8, 4) is 22.3 Å². The lowest BCUT2D eigenvalue weighted by atomic mass is 9.97. The summed E-state index contributed by atoms with van der Waals surface area (Å²) in [6.45, 7) is 0. The van der Waals surface area contributed by atoms with E-state index in [0.717, 1.165) is 38.6 Å². The van der Waals surface area contributed by atoms with Crippen molar-refractivity contribution >= 4 is 49.7 Å². The summed E-state index contributed by atoms with van der Waals surface area (Å²) in [6, 6.07) is 38.0. The minimum Gasteiger partial charge on any atom is -0.395 e. The highest BCUT2D eigenvalue weighted by atomic mass is 15.1. The van der Waals surface area contributed by atoms with Crippen molar-refractivity contribution in [1.82, 2.24) is 9.38 Å². The van der Waals surface area contributed by atoms with Crippen molar-refractivity contribution in [1.29, 1.82) is 0 Å². The third-order valence-corrected chi connectivity index (χ3v) is 6.93. The van der Waals surface area contributed by atoms with Crippen molar-refractivity contribution in [2.75, 3.05) is 11.5 Å². The van der Waals surface area contributed by atoms with E-state index in [2.05, 4.69) is 84.9 Å². The Morgan fingerprint density at radius 1 is 0.543 bits per heavy atom. The van der Waals surface area contributed by atoms with Crippen LogP contribution in [0.5, 0.6) is 0 Å². The van der Waals surface area contributed by atoms with Crippen molar-refractivity contribution in [2.45, 2.75) is 0 Å². The standard InChI is InChI=1S/C31H22N4/c32-29-26-18-24(15-16-25(26)31-34-27-7-3-4-8-28(27)35(31)30(29)33)21-11-9-20(10-12-21)23-14-13-19-5-1-2-6-22(19)17-23/h1-18H,32-33H2. The van der Waals surface area contributed by atoms with Gasteiger partial charge in [-0.05, 0) is 63.4 Å². The highest BCUT2D eigenvalue weighted by Crippen LogP contribution is 2.36. The van der Waals surface area contributed by atoms with Crippen LogP contribution in [0.4, 0.5) is 11.5 Å². The molecule has 2 aromatic heterocycles. The maximum atomic E-state index is 6.55. The lowest BCUT2D eigenvalue weighted by Gasteiger charge is -2.12. The van der Waals surface area contributed by atoms with Gasteiger partial charge in [0.25, 0.3) is 0 Å². The van der Waals surface area contributed by atoms with Gasteiger partial charge in [-0.15, -0.1) is 0 Å². The SMILES string of the molecule is Nc1c(N)n2c3ccccc3nc2c2ccc(-c3ccc(-c4ccc5ccccc5c4)cc3)cc12. The summed E-state index contributed by atoms with van der Waals surface area (Å²) in [4.78, 5) is 4.84. The summed E-state index contributed by atoms with van der Waals surface area (Å²) < 4.78 is 1.95. The summed E-state index contributed by atoms with van der Waals surface area (Å²) in [5.74, 6) is 0.519. The maximum Gasteiger partial charge on any atom is 0.147 e. The van der Waals surface area contributed by atoms with Crippen molar-refractivity contribution in [3.05, 3.63) is 109 Å². The second-order valence-electron chi connectivity index (χ2n) is 8.96. The lowest BCUT2D eigenvalue weighted by Crippen LogP contribution is -2.03. The summed E-state index contributed by atoms with van der Waals surface area (Å²) in [5, 5.41) is 4.40. The van der Waals surface area contributed by atoms with Crippen molar-refractivity contribution in [2.24, 2.45) is 0 Å². The molecule has 166 valence electrons. The number of nitrogens with two attached hydrogens (primary N) is 2. The van der Waals surface area contributed by atoms with Gasteiger partial charge in [0.1, 0.15) is 11.5 Å². The smallest absolute Gasteiger partial charge is 0.147 e. The van der Waals surface area contributed by atoms with Crippen LogP contribution in [0.3, 0.4) is 0 Å². The summed E-state index contributed by atoms with van der Waals surface area (Å²) in [5.41, 5.74) is 20.9. The first kappa shape index (κ1) is 19.6. The van der Waals surface area contributed by atoms with E-state index < -0.39 is 0 Å². The summed E-state index contributed by atoms with van der Waals surface area (Å²) >= 11 is 0. The maximum absolute atomic E-state index is 6.55. The minimum absolute atomic E-state index is 0.519. The number of hydrogen-bond donors (Lipinski definition) is 2. The fourth-order valence-electron chi connectivity index (χ4n) is 5.07. The Bertz CT molecular complexity index is 1910. The van der Waals surface area contributed by atoms with Gasteiger partial charge in [-0.1, -0.05) is 78.9 Å². The number of imidazole rings is 1. The zero-order chi connectivity index (χ0) is 23.5. The van der Waals surface area contributed by atoms with Crippen molar-refractivity contribution < 1.29 is 0 Å². The van der Waals surface area contributed by atoms with Gasteiger partial charge in [0.2, 0.25) is 0 Å². The Hall–Kier alpha value is -4.83. The van der Waals surface area contributed by atoms with Gasteiger partial charge in [0, 0.05) is 10.8 Å². The van der Waals surface area contributed by atoms with E-state index in [-0.39, 0.29) is 0 Å². The van der Waals surface area contributed by atoms with E-state index in [9.17, 15) is 0 Å². The molecule has 35 heavy (non-hydrogen) atoms. The van der Waals surface area contributed by atoms with E-state index in [4.69, 9.17) is 16.5 Å². The Morgan fingerprint density at radius 3 is 1.97 bits per heavy atom. The number of nitrogen functional groups attached to an aromatic ring is 2. The quantitative estimate of drug-likeness (QED) is 0.290. The fourth-order valence-corrected chi connectivity index (χ4v) is 5.07. The molecule has 0 saturated heterocycles. The Morgan fingerprint density at radius 2 is 1.17 bits per heavy atom. The molecule has 4 heteroatoms. The van der Waals surface area contributed by atoms with Crippen LogP contribution in [0.1, 0.15) is 0 Å². The third kappa shape index (κ3) is 2.97. The predicted octanol–water partition coefficient (Wildman–Crippen LogP) is 7.29. The van der Waals surface area contributed by atoms with Crippen LogP contribution in [-0.2, 0) is 0 Å². The normalized spacial score (nSPS) is 11.7. The van der Waals surface area contributed by atoms with Crippen LogP contribution in [-0.4, -0.2) is 9.38 Å². The zero-order valence-corrected chi connectivity index (χ0v) is 18.9. The largest absolute Gasteiger partial charge is 0.395 e. The van der Waals surface area contributed by atoms with Crippen LogP contribution < -0.4 is 11.5 Å². The Kier molecular flexibility index (Phi) is 4.11. The van der Waals surface area contributed by atoms with Crippen LogP contribution in [0, 0.1) is 0 Å². The van der Waals surface area contributed by atoms with Gasteiger partial charge in [-0.25, -0.2) is 4.98 Å². The number of aromatic nitrogens is 2. The molecule has 4 nitrogen and oxygen atoms in total. The first-order valence-electron chi connectivity index (χ1n) is 11.6. The molecule has 7 aromatic rings. The molecule has 0 spiro atoms. The molecule has 0 radical (unpaired) electrons. The van der Waals surface area contributed by atoms with E-state index in [0.29, 0.717) is 11.5 Å². The topological polar surface area (TPSA) is 69.3 Å². The second-order valence-corrected chi connectivity index (χ2v) is 8.96. The molecular formula is C31H22N4. The zero-order valence-electron chi connectivity index (χ0n) is 18.9. The van der Waals surface area contributed by atoms with E-state index in [1.165, 1.54) is 21.9 Å². The molecular weight excluding hydrogens is 428 g/mol. The van der Waals surface area contributed by atoms with Crippen LogP contribution in [0.15, 0.2) is 109 Å². The van der Waals surface area contributed by atoms with Gasteiger partial charge in [-0.3, -0.25) is 4.40 Å². The second kappa shape index (κ2) is 7.34. The van der Waals surface area contributed by atoms with Crippen LogP contribution in [0.2, 0.25) is 0 Å². The summed E-state index contributed by atoms with van der Waals surface area (Å²) in [6.07, 6.45) is 0. The molecule has 0 atom stereocenters. The number of pyridine rings is 1. The van der Waals surface area contributed by atoms with Crippen LogP contribution >= 0.6 is 0 Å². The first-order valence-corrected chi connectivity index (χ1v) is 11.6. The number of nitrogens with zero attached hydrogens (tertiary/aromatic N) is 2. The molecule has 7 rings (SSSR count). The number of anilines is 2. The lowest BCUT2D eigenvalue weighted by molar-refractivity contribution is 1.26. The molecule has 0 bridgehead atoms. The average molecular weight is 451 g/mol. The Labute approximate surface area is 202 Å². The minimum atomic E-state index is 0.519. The molecule has 0 aliphatic rings. The molecule has 4 N–H and O–H groups in total. The van der Waals surface area contributed by atoms with Crippen LogP contribution in [0.25, 0.3) is 60.5 Å². The molecule has 0 amide bonds. The number of para-hydroxylation sites is 2. The monoisotopic (exact) mass is 450 g/mol. The number of rotatable bonds is 2. The fraction of sp³-hybridized carbons (Fsp3) is 0. The molecule has 0 aliphatic heterocycles. The number of fused-ring (bicyclic) bond motifs is 6. The molecule has 0 aliphatic carbocycles. The highest BCUT2D eigenvalue weighted by Gasteiger charge is 2.15. The van der Waals surface area contributed by atoms with Crippen molar-refractivity contribution in [3.63, 3.8) is 0 Å². The van der Waals surface area contributed by atoms with E-state index >= 15 is 0 Å².